The minimum absolute atomic E-state index is 0.182. The van der Waals surface area contributed by atoms with E-state index in [0.717, 1.165) is 16.6 Å². The molecule has 0 atom stereocenters. The van der Waals surface area contributed by atoms with Gasteiger partial charge in [-0.25, -0.2) is 0 Å². The Balaban J connectivity index is 1.73. The molecule has 0 radical (unpaired) electrons. The van der Waals surface area contributed by atoms with E-state index in [9.17, 15) is 4.79 Å². The fourth-order valence-electron chi connectivity index (χ4n) is 2.67. The lowest BCUT2D eigenvalue weighted by Crippen LogP contribution is -2.29. The van der Waals surface area contributed by atoms with Crippen molar-refractivity contribution in [2.75, 3.05) is 4.90 Å². The average Bonchev–Trinajstić information content (AvgIpc) is 3.29. The van der Waals surface area contributed by atoms with Crippen molar-refractivity contribution >= 4 is 22.6 Å². The van der Waals surface area contributed by atoms with E-state index in [1.165, 1.54) is 0 Å². The van der Waals surface area contributed by atoms with Gasteiger partial charge in [-0.15, -0.1) is 0 Å². The van der Waals surface area contributed by atoms with E-state index < -0.39 is 0 Å². The standard InChI is InChI=1S/C20H15NO3/c22-20(19-12-16-6-4-5-9-18(16)24-19)21(13-15-10-11-23-14-15)17-7-2-1-3-8-17/h1-12,14H,13H2. The van der Waals surface area contributed by atoms with Crippen molar-refractivity contribution in [3.8, 4) is 0 Å². The first-order chi connectivity index (χ1) is 11.8. The zero-order valence-electron chi connectivity index (χ0n) is 12.9. The van der Waals surface area contributed by atoms with E-state index in [-0.39, 0.29) is 5.91 Å². The molecule has 0 aliphatic rings. The molecule has 2 aromatic carbocycles. The van der Waals surface area contributed by atoms with Crippen LogP contribution >= 0.6 is 0 Å². The lowest BCUT2D eigenvalue weighted by atomic mass is 10.2. The number of rotatable bonds is 4. The molecule has 0 saturated heterocycles. The van der Waals surface area contributed by atoms with Gasteiger partial charge < -0.3 is 13.7 Å². The molecule has 2 aromatic heterocycles. The molecule has 0 saturated carbocycles. The molecule has 0 fully saturated rings. The predicted molar refractivity (Wildman–Crippen MR) is 91.9 cm³/mol. The number of carbonyl (C=O) groups excluding carboxylic acids is 1. The largest absolute Gasteiger partial charge is 0.472 e. The Morgan fingerprint density at radius 3 is 2.50 bits per heavy atom. The van der Waals surface area contributed by atoms with Gasteiger partial charge in [0, 0.05) is 16.6 Å². The van der Waals surface area contributed by atoms with Crippen LogP contribution in [0, 0.1) is 0 Å². The zero-order valence-corrected chi connectivity index (χ0v) is 12.9. The van der Waals surface area contributed by atoms with Gasteiger partial charge in [-0.1, -0.05) is 36.4 Å². The van der Waals surface area contributed by atoms with Crippen LogP contribution in [0.15, 0.2) is 88.1 Å². The lowest BCUT2D eigenvalue weighted by molar-refractivity contribution is 0.0960. The molecule has 0 bridgehead atoms. The first-order valence-electron chi connectivity index (χ1n) is 7.68. The van der Waals surface area contributed by atoms with Gasteiger partial charge in [0.05, 0.1) is 19.1 Å². The molecule has 0 aliphatic carbocycles. The van der Waals surface area contributed by atoms with Crippen molar-refractivity contribution in [2.24, 2.45) is 0 Å². The van der Waals surface area contributed by atoms with Gasteiger partial charge in [0.15, 0.2) is 5.76 Å². The SMILES string of the molecule is O=C(c1cc2ccccc2o1)N(Cc1ccoc1)c1ccccc1. The second kappa shape index (κ2) is 6.08. The molecule has 24 heavy (non-hydrogen) atoms. The monoisotopic (exact) mass is 317 g/mol. The highest BCUT2D eigenvalue weighted by atomic mass is 16.3. The van der Waals surface area contributed by atoms with E-state index in [1.807, 2.05) is 60.7 Å². The number of amides is 1. The maximum absolute atomic E-state index is 13.0. The number of para-hydroxylation sites is 2. The molecule has 2 heterocycles. The van der Waals surface area contributed by atoms with Crippen LogP contribution in [0.5, 0.6) is 0 Å². The molecular formula is C20H15NO3. The highest BCUT2D eigenvalue weighted by Gasteiger charge is 2.22. The molecule has 4 nitrogen and oxygen atoms in total. The molecular weight excluding hydrogens is 302 g/mol. The summed E-state index contributed by atoms with van der Waals surface area (Å²) in [5.41, 5.74) is 2.43. The third-order valence-corrected chi connectivity index (χ3v) is 3.87. The van der Waals surface area contributed by atoms with Gasteiger partial charge in [-0.3, -0.25) is 4.79 Å². The fraction of sp³-hybridized carbons (Fsp3) is 0.0500. The molecule has 0 unspecified atom stereocenters. The topological polar surface area (TPSA) is 46.6 Å². The van der Waals surface area contributed by atoms with Gasteiger partial charge in [0.25, 0.3) is 5.91 Å². The molecule has 0 aliphatic heterocycles. The van der Waals surface area contributed by atoms with Crippen LogP contribution in [0.4, 0.5) is 5.69 Å². The van der Waals surface area contributed by atoms with Crippen molar-refractivity contribution in [1.29, 1.82) is 0 Å². The quantitative estimate of drug-likeness (QED) is 0.539. The fourth-order valence-corrected chi connectivity index (χ4v) is 2.67. The second-order valence-corrected chi connectivity index (χ2v) is 5.51. The van der Waals surface area contributed by atoms with Crippen molar-refractivity contribution in [3.05, 3.63) is 90.6 Å². The van der Waals surface area contributed by atoms with Crippen LogP contribution in [-0.4, -0.2) is 5.91 Å². The molecule has 0 N–H and O–H groups in total. The number of fused-ring (bicyclic) bond motifs is 1. The van der Waals surface area contributed by atoms with Crippen LogP contribution in [0.25, 0.3) is 11.0 Å². The van der Waals surface area contributed by atoms with E-state index in [4.69, 9.17) is 8.83 Å². The zero-order chi connectivity index (χ0) is 16.4. The number of nitrogens with zero attached hydrogens (tertiary/aromatic N) is 1. The molecule has 1 amide bonds. The highest BCUT2D eigenvalue weighted by Crippen LogP contribution is 2.24. The number of hydrogen-bond donors (Lipinski definition) is 0. The summed E-state index contributed by atoms with van der Waals surface area (Å²) >= 11 is 0. The molecule has 4 aromatic rings. The van der Waals surface area contributed by atoms with Crippen molar-refractivity contribution < 1.29 is 13.6 Å². The number of benzene rings is 2. The van der Waals surface area contributed by atoms with Crippen LogP contribution < -0.4 is 4.90 Å². The smallest absolute Gasteiger partial charge is 0.294 e. The first-order valence-corrected chi connectivity index (χ1v) is 7.68. The molecule has 4 rings (SSSR count). The Morgan fingerprint density at radius 2 is 1.75 bits per heavy atom. The van der Waals surface area contributed by atoms with Gasteiger partial charge in [-0.05, 0) is 30.3 Å². The summed E-state index contributed by atoms with van der Waals surface area (Å²) in [5, 5.41) is 0.914. The Labute approximate surface area is 138 Å². The van der Waals surface area contributed by atoms with Crippen LogP contribution in [-0.2, 0) is 6.54 Å². The normalized spacial score (nSPS) is 10.8. The minimum Gasteiger partial charge on any atom is -0.472 e. The van der Waals surface area contributed by atoms with Crippen LogP contribution in [0.3, 0.4) is 0 Å². The lowest BCUT2D eigenvalue weighted by Gasteiger charge is -2.21. The van der Waals surface area contributed by atoms with Crippen LogP contribution in [0.2, 0.25) is 0 Å². The van der Waals surface area contributed by atoms with Gasteiger partial charge in [0.2, 0.25) is 0 Å². The molecule has 0 spiro atoms. The summed E-state index contributed by atoms with van der Waals surface area (Å²) in [4.78, 5) is 14.7. The summed E-state index contributed by atoms with van der Waals surface area (Å²) in [5.74, 6) is 0.141. The summed E-state index contributed by atoms with van der Waals surface area (Å²) in [6, 6.07) is 20.8. The highest BCUT2D eigenvalue weighted by molar-refractivity contribution is 6.06. The van der Waals surface area contributed by atoms with E-state index in [1.54, 1.807) is 23.5 Å². The minimum atomic E-state index is -0.182. The number of anilines is 1. The van der Waals surface area contributed by atoms with Gasteiger partial charge in [-0.2, -0.15) is 0 Å². The predicted octanol–water partition coefficient (Wildman–Crippen LogP) is 4.87. The Morgan fingerprint density at radius 1 is 0.958 bits per heavy atom. The Hall–Kier alpha value is -3.27. The summed E-state index contributed by atoms with van der Waals surface area (Å²) in [6.07, 6.45) is 3.24. The number of carbonyl (C=O) groups is 1. The Kier molecular flexibility index (Phi) is 3.63. The Bertz CT molecular complexity index is 922. The van der Waals surface area contributed by atoms with Crippen LogP contribution in [0.1, 0.15) is 16.1 Å². The summed E-state index contributed by atoms with van der Waals surface area (Å²) < 4.78 is 10.9. The van der Waals surface area contributed by atoms with Crippen molar-refractivity contribution in [3.63, 3.8) is 0 Å². The third-order valence-electron chi connectivity index (χ3n) is 3.87. The van der Waals surface area contributed by atoms with E-state index >= 15 is 0 Å². The van der Waals surface area contributed by atoms with E-state index in [0.29, 0.717) is 17.9 Å². The number of furan rings is 2. The summed E-state index contributed by atoms with van der Waals surface area (Å²) in [6.45, 7) is 0.413. The number of hydrogen-bond acceptors (Lipinski definition) is 3. The average molecular weight is 317 g/mol. The van der Waals surface area contributed by atoms with Gasteiger partial charge >= 0.3 is 0 Å². The van der Waals surface area contributed by atoms with Crippen molar-refractivity contribution in [1.82, 2.24) is 0 Å². The second-order valence-electron chi connectivity index (χ2n) is 5.51. The third kappa shape index (κ3) is 2.70. The van der Waals surface area contributed by atoms with E-state index in [2.05, 4.69) is 0 Å². The van der Waals surface area contributed by atoms with Crippen molar-refractivity contribution in [2.45, 2.75) is 6.54 Å². The first kappa shape index (κ1) is 14.3. The van der Waals surface area contributed by atoms with Gasteiger partial charge in [0.1, 0.15) is 5.58 Å². The molecule has 118 valence electrons. The maximum Gasteiger partial charge on any atom is 0.294 e. The molecule has 4 heteroatoms. The summed E-state index contributed by atoms with van der Waals surface area (Å²) in [7, 11) is 0. The maximum atomic E-state index is 13.0.